The summed E-state index contributed by atoms with van der Waals surface area (Å²) in [5.74, 6) is 0. The lowest BCUT2D eigenvalue weighted by molar-refractivity contribution is 0.922. The van der Waals surface area contributed by atoms with Crippen molar-refractivity contribution in [2.75, 3.05) is 5.32 Å². The van der Waals surface area contributed by atoms with Gasteiger partial charge in [-0.15, -0.1) is 0 Å². The van der Waals surface area contributed by atoms with Crippen molar-refractivity contribution in [3.63, 3.8) is 0 Å². The van der Waals surface area contributed by atoms with Crippen molar-refractivity contribution in [3.8, 4) is 6.07 Å². The van der Waals surface area contributed by atoms with Gasteiger partial charge < -0.3 is 5.32 Å². The molecule has 0 heterocycles. The Labute approximate surface area is 114 Å². The minimum Gasteiger partial charge on any atom is -0.381 e. The molecular weight excluding hydrogens is 232 g/mol. The number of hydrogen-bond acceptors (Lipinski definition) is 2. The average molecular weight is 250 g/mol. The minimum atomic E-state index is 0.706. The molecule has 0 aliphatic heterocycles. The number of hydrogen-bond donors (Lipinski definition) is 1. The Morgan fingerprint density at radius 1 is 1.05 bits per heavy atom. The number of benzene rings is 2. The summed E-state index contributed by atoms with van der Waals surface area (Å²) in [5, 5.41) is 12.2. The summed E-state index contributed by atoms with van der Waals surface area (Å²) >= 11 is 0. The van der Waals surface area contributed by atoms with Gasteiger partial charge in [0.2, 0.25) is 0 Å². The molecule has 0 aliphatic rings. The van der Waals surface area contributed by atoms with Crippen LogP contribution in [0, 0.1) is 11.3 Å². The molecule has 2 aromatic carbocycles. The number of rotatable bonds is 5. The lowest BCUT2D eigenvalue weighted by atomic mass is 10.1. The summed E-state index contributed by atoms with van der Waals surface area (Å²) in [6, 6.07) is 18.4. The highest BCUT2D eigenvalue weighted by atomic mass is 14.9. The van der Waals surface area contributed by atoms with E-state index in [0.717, 1.165) is 24.2 Å². The molecule has 0 saturated heterocycles. The van der Waals surface area contributed by atoms with Crippen LogP contribution in [0.15, 0.2) is 48.5 Å². The predicted molar refractivity (Wildman–Crippen MR) is 78.9 cm³/mol. The molecule has 0 aliphatic carbocycles. The van der Waals surface area contributed by atoms with E-state index >= 15 is 0 Å². The van der Waals surface area contributed by atoms with Gasteiger partial charge in [-0.2, -0.15) is 5.26 Å². The molecule has 96 valence electrons. The summed E-state index contributed by atoms with van der Waals surface area (Å²) in [6.45, 7) is 2.93. The topological polar surface area (TPSA) is 35.8 Å². The van der Waals surface area contributed by atoms with E-state index in [1.54, 1.807) is 0 Å². The fourth-order valence-corrected chi connectivity index (χ4v) is 2.03. The SMILES string of the molecule is CCCc1ccc(NCc2cccc(C#N)c2)cc1. The van der Waals surface area contributed by atoms with Gasteiger partial charge in [0.25, 0.3) is 0 Å². The first-order valence-corrected chi connectivity index (χ1v) is 6.63. The Balaban J connectivity index is 1.96. The lowest BCUT2D eigenvalue weighted by Gasteiger charge is -2.07. The van der Waals surface area contributed by atoms with Crippen LogP contribution in [0.4, 0.5) is 5.69 Å². The third kappa shape index (κ3) is 3.86. The standard InChI is InChI=1S/C17H18N2/c1-2-4-14-7-9-17(10-8-14)19-13-16-6-3-5-15(11-16)12-18/h3,5-11,19H,2,4,13H2,1H3. The number of nitriles is 1. The first kappa shape index (κ1) is 13.2. The fraction of sp³-hybridized carbons (Fsp3) is 0.235. The van der Waals surface area contributed by atoms with E-state index in [2.05, 4.69) is 42.6 Å². The van der Waals surface area contributed by atoms with E-state index in [0.29, 0.717) is 5.56 Å². The molecule has 0 fully saturated rings. The van der Waals surface area contributed by atoms with Crippen LogP contribution < -0.4 is 5.32 Å². The van der Waals surface area contributed by atoms with Crippen LogP contribution in [0.5, 0.6) is 0 Å². The van der Waals surface area contributed by atoms with Crippen molar-refractivity contribution in [1.82, 2.24) is 0 Å². The zero-order chi connectivity index (χ0) is 13.5. The average Bonchev–Trinajstić information content (AvgIpc) is 2.47. The quantitative estimate of drug-likeness (QED) is 0.866. The fourth-order valence-electron chi connectivity index (χ4n) is 2.03. The van der Waals surface area contributed by atoms with Gasteiger partial charge in [0, 0.05) is 12.2 Å². The van der Waals surface area contributed by atoms with Crippen molar-refractivity contribution >= 4 is 5.69 Å². The van der Waals surface area contributed by atoms with Gasteiger partial charge >= 0.3 is 0 Å². The zero-order valence-corrected chi connectivity index (χ0v) is 11.2. The molecule has 2 nitrogen and oxygen atoms in total. The molecular formula is C17H18N2. The van der Waals surface area contributed by atoms with Gasteiger partial charge in [-0.3, -0.25) is 0 Å². The first-order chi connectivity index (χ1) is 9.31. The molecule has 1 N–H and O–H groups in total. The Hall–Kier alpha value is -2.27. The Kier molecular flexibility index (Phi) is 4.58. The van der Waals surface area contributed by atoms with Gasteiger partial charge in [0.15, 0.2) is 0 Å². The maximum atomic E-state index is 8.86. The second-order valence-corrected chi connectivity index (χ2v) is 4.61. The van der Waals surface area contributed by atoms with E-state index in [1.165, 1.54) is 12.0 Å². The molecule has 0 amide bonds. The molecule has 0 atom stereocenters. The van der Waals surface area contributed by atoms with Gasteiger partial charge in [-0.25, -0.2) is 0 Å². The zero-order valence-electron chi connectivity index (χ0n) is 11.2. The summed E-state index contributed by atoms with van der Waals surface area (Å²) in [5.41, 5.74) is 4.32. The molecule has 2 aromatic rings. The Bertz CT molecular complexity index is 565. The maximum absolute atomic E-state index is 8.86. The third-order valence-corrected chi connectivity index (χ3v) is 3.05. The van der Waals surface area contributed by atoms with Gasteiger partial charge in [-0.05, 0) is 41.8 Å². The van der Waals surface area contributed by atoms with Gasteiger partial charge in [0.05, 0.1) is 11.6 Å². The molecule has 0 radical (unpaired) electrons. The lowest BCUT2D eigenvalue weighted by Crippen LogP contribution is -1.99. The van der Waals surface area contributed by atoms with Crippen molar-refractivity contribution in [2.24, 2.45) is 0 Å². The summed E-state index contributed by atoms with van der Waals surface area (Å²) in [7, 11) is 0. The largest absolute Gasteiger partial charge is 0.381 e. The highest BCUT2D eigenvalue weighted by Crippen LogP contribution is 2.13. The molecule has 0 spiro atoms. The maximum Gasteiger partial charge on any atom is 0.0991 e. The van der Waals surface area contributed by atoms with E-state index < -0.39 is 0 Å². The van der Waals surface area contributed by atoms with Crippen LogP contribution in [0.25, 0.3) is 0 Å². The second kappa shape index (κ2) is 6.61. The van der Waals surface area contributed by atoms with Gasteiger partial charge in [0.1, 0.15) is 0 Å². The molecule has 2 heteroatoms. The monoisotopic (exact) mass is 250 g/mol. The minimum absolute atomic E-state index is 0.706. The summed E-state index contributed by atoms with van der Waals surface area (Å²) < 4.78 is 0. The van der Waals surface area contributed by atoms with Crippen LogP contribution in [0.2, 0.25) is 0 Å². The van der Waals surface area contributed by atoms with E-state index in [4.69, 9.17) is 5.26 Å². The molecule has 0 saturated carbocycles. The number of anilines is 1. The molecule has 0 aromatic heterocycles. The normalized spacial score (nSPS) is 9.89. The summed E-state index contributed by atoms with van der Waals surface area (Å²) in [6.07, 6.45) is 2.30. The van der Waals surface area contributed by atoms with E-state index in [-0.39, 0.29) is 0 Å². The molecule has 2 rings (SSSR count). The predicted octanol–water partition coefficient (Wildman–Crippen LogP) is 4.12. The van der Waals surface area contributed by atoms with Crippen molar-refractivity contribution < 1.29 is 0 Å². The van der Waals surface area contributed by atoms with Crippen molar-refractivity contribution in [2.45, 2.75) is 26.3 Å². The third-order valence-electron chi connectivity index (χ3n) is 3.05. The second-order valence-electron chi connectivity index (χ2n) is 4.61. The van der Waals surface area contributed by atoms with Crippen LogP contribution >= 0.6 is 0 Å². The van der Waals surface area contributed by atoms with Crippen LogP contribution in [0.1, 0.15) is 30.0 Å². The Morgan fingerprint density at radius 2 is 1.84 bits per heavy atom. The van der Waals surface area contributed by atoms with E-state index in [1.807, 2.05) is 24.3 Å². The van der Waals surface area contributed by atoms with Crippen LogP contribution in [-0.4, -0.2) is 0 Å². The van der Waals surface area contributed by atoms with Gasteiger partial charge in [-0.1, -0.05) is 37.6 Å². The number of aryl methyl sites for hydroxylation is 1. The highest BCUT2D eigenvalue weighted by molar-refractivity contribution is 5.45. The molecule has 19 heavy (non-hydrogen) atoms. The van der Waals surface area contributed by atoms with Crippen LogP contribution in [0.3, 0.4) is 0 Å². The number of nitrogens with zero attached hydrogens (tertiary/aromatic N) is 1. The van der Waals surface area contributed by atoms with Crippen molar-refractivity contribution in [3.05, 3.63) is 65.2 Å². The van der Waals surface area contributed by atoms with Crippen LogP contribution in [-0.2, 0) is 13.0 Å². The summed E-state index contributed by atoms with van der Waals surface area (Å²) in [4.78, 5) is 0. The van der Waals surface area contributed by atoms with Crippen molar-refractivity contribution in [1.29, 1.82) is 5.26 Å². The van der Waals surface area contributed by atoms with E-state index in [9.17, 15) is 0 Å². The molecule has 0 bridgehead atoms. The first-order valence-electron chi connectivity index (χ1n) is 6.63. The Morgan fingerprint density at radius 3 is 2.53 bits per heavy atom. The highest BCUT2D eigenvalue weighted by Gasteiger charge is 1.97. The smallest absolute Gasteiger partial charge is 0.0991 e. The number of nitrogens with one attached hydrogen (secondary N) is 1. The molecule has 0 unspecified atom stereocenters.